The minimum atomic E-state index is -1.54. The van der Waals surface area contributed by atoms with E-state index in [2.05, 4.69) is 187 Å². The van der Waals surface area contributed by atoms with Gasteiger partial charge in [0.1, 0.15) is 0 Å². The Hall–Kier alpha value is -7.45. The molecule has 0 saturated carbocycles. The van der Waals surface area contributed by atoms with Crippen molar-refractivity contribution in [2.24, 2.45) is 0 Å². The Morgan fingerprint density at radius 1 is 0.308 bits per heavy atom. The van der Waals surface area contributed by atoms with Gasteiger partial charge in [0, 0.05) is 39.5 Å². The van der Waals surface area contributed by atoms with Gasteiger partial charge in [-0.3, -0.25) is 0 Å². The Morgan fingerprint density at radius 2 is 0.692 bits per heavy atom. The topological polar surface area (TPSA) is 87.4 Å². The lowest BCUT2D eigenvalue weighted by Gasteiger charge is -2.28. The van der Waals surface area contributed by atoms with Crippen LogP contribution in [0.25, 0.3) is 44.5 Å². The van der Waals surface area contributed by atoms with E-state index >= 15 is 0 Å². The maximum atomic E-state index is 9.89. The van der Waals surface area contributed by atoms with Gasteiger partial charge in [0.15, 0.2) is 0 Å². The summed E-state index contributed by atoms with van der Waals surface area (Å²) >= 11 is 0. The Bertz CT molecular complexity index is 3120. The molecule has 0 atom stereocenters. The molecule has 65 heavy (non-hydrogen) atoms. The van der Waals surface area contributed by atoms with Gasteiger partial charge in [-0.05, 0) is 145 Å². The monoisotopic (exact) mass is 844 g/mol. The average Bonchev–Trinajstić information content (AvgIpc) is 3.58. The molecule has 6 nitrogen and oxygen atoms in total. The molecule has 0 fully saturated rings. The molecule has 0 unspecified atom stereocenters. The summed E-state index contributed by atoms with van der Waals surface area (Å²) < 4.78 is 0. The highest BCUT2D eigenvalue weighted by Crippen LogP contribution is 2.50. The van der Waals surface area contributed by atoms with Crippen LogP contribution in [0.2, 0.25) is 0 Å². The number of benzene rings is 9. The molecule has 0 aromatic heterocycles. The van der Waals surface area contributed by atoms with E-state index in [-0.39, 0.29) is 5.41 Å². The van der Waals surface area contributed by atoms with Crippen LogP contribution in [0, 0.1) is 0 Å². The summed E-state index contributed by atoms with van der Waals surface area (Å²) in [6, 6.07) is 74.8. The van der Waals surface area contributed by atoms with Crippen LogP contribution in [-0.2, 0) is 5.41 Å². The average molecular weight is 845 g/mol. The van der Waals surface area contributed by atoms with Crippen LogP contribution in [0.15, 0.2) is 218 Å². The maximum absolute atomic E-state index is 9.89. The molecule has 0 radical (unpaired) electrons. The van der Waals surface area contributed by atoms with Crippen molar-refractivity contribution < 1.29 is 20.1 Å². The predicted molar refractivity (Wildman–Crippen MR) is 269 cm³/mol. The molecule has 1 aliphatic rings. The lowest BCUT2D eigenvalue weighted by Crippen LogP contribution is -2.29. The van der Waals surface area contributed by atoms with Crippen molar-refractivity contribution in [2.75, 3.05) is 9.80 Å². The van der Waals surface area contributed by atoms with Gasteiger partial charge >= 0.3 is 14.2 Å². The fourth-order valence-electron chi connectivity index (χ4n) is 9.25. The van der Waals surface area contributed by atoms with E-state index in [1.807, 2.05) is 30.3 Å². The highest BCUT2D eigenvalue weighted by atomic mass is 16.4. The fraction of sp³-hybridized carbons (Fsp3) is 0.0526. The minimum absolute atomic E-state index is 0.166. The molecule has 9 aromatic carbocycles. The van der Waals surface area contributed by atoms with Crippen molar-refractivity contribution in [3.05, 3.63) is 230 Å². The van der Waals surface area contributed by atoms with Crippen molar-refractivity contribution in [1.29, 1.82) is 0 Å². The Labute approximate surface area is 380 Å². The quantitative estimate of drug-likeness (QED) is 0.0970. The number of hydrogen-bond donors (Lipinski definition) is 4. The molecule has 0 spiro atoms. The van der Waals surface area contributed by atoms with Crippen molar-refractivity contribution >= 4 is 59.3 Å². The zero-order valence-electron chi connectivity index (χ0n) is 36.1. The van der Waals surface area contributed by atoms with Gasteiger partial charge < -0.3 is 29.9 Å². The van der Waals surface area contributed by atoms with Crippen LogP contribution in [0.5, 0.6) is 0 Å². The second kappa shape index (κ2) is 17.3. The third-order valence-electron chi connectivity index (χ3n) is 12.7. The molecule has 9 aromatic rings. The van der Waals surface area contributed by atoms with Gasteiger partial charge in [-0.1, -0.05) is 153 Å². The molecular formula is C57H46B2N2O4. The third kappa shape index (κ3) is 8.05. The molecule has 0 saturated heterocycles. The van der Waals surface area contributed by atoms with Gasteiger partial charge in [-0.25, -0.2) is 0 Å². The van der Waals surface area contributed by atoms with E-state index in [4.69, 9.17) is 0 Å². The lowest BCUT2D eigenvalue weighted by atomic mass is 9.80. The summed E-state index contributed by atoms with van der Waals surface area (Å²) in [7, 11) is -3.04. The summed E-state index contributed by atoms with van der Waals surface area (Å²) in [5.41, 5.74) is 18.2. The highest BCUT2D eigenvalue weighted by Gasteiger charge is 2.35. The van der Waals surface area contributed by atoms with Crippen LogP contribution in [-0.4, -0.2) is 34.3 Å². The van der Waals surface area contributed by atoms with E-state index in [1.165, 1.54) is 22.3 Å². The largest absolute Gasteiger partial charge is 0.488 e. The molecular weight excluding hydrogens is 798 g/mol. The molecule has 0 amide bonds. The van der Waals surface area contributed by atoms with Crippen molar-refractivity contribution in [3.63, 3.8) is 0 Å². The lowest BCUT2D eigenvalue weighted by molar-refractivity contribution is 0.424. The molecule has 1 aliphatic carbocycles. The van der Waals surface area contributed by atoms with Gasteiger partial charge in [0.25, 0.3) is 0 Å². The fourth-order valence-corrected chi connectivity index (χ4v) is 9.25. The van der Waals surface area contributed by atoms with E-state index in [0.29, 0.717) is 10.9 Å². The summed E-state index contributed by atoms with van der Waals surface area (Å²) in [5, 5.41) is 38.9. The van der Waals surface area contributed by atoms with Gasteiger partial charge in [-0.2, -0.15) is 0 Å². The summed E-state index contributed by atoms with van der Waals surface area (Å²) in [4.78, 5) is 4.49. The first-order valence-electron chi connectivity index (χ1n) is 21.9. The van der Waals surface area contributed by atoms with Crippen molar-refractivity contribution in [1.82, 2.24) is 0 Å². The number of anilines is 6. The zero-order valence-corrected chi connectivity index (χ0v) is 36.1. The van der Waals surface area contributed by atoms with Gasteiger partial charge in [0.05, 0.1) is 0 Å². The number of hydrogen-bond acceptors (Lipinski definition) is 6. The van der Waals surface area contributed by atoms with Crippen LogP contribution in [0.1, 0.15) is 25.0 Å². The highest BCUT2D eigenvalue weighted by molar-refractivity contribution is 6.59. The first-order valence-corrected chi connectivity index (χ1v) is 21.9. The van der Waals surface area contributed by atoms with Gasteiger partial charge in [0.2, 0.25) is 0 Å². The molecule has 8 heteroatoms. The standard InChI is InChI=1S/C57H46B2N2O4/c1-57(2)55-17-7-6-16-53(55)54-35-34-52(38-56(54)57)61(50-32-26-46(27-33-50)59(64)65)49-30-22-41(23-31-49)42-10-8-11-43(36-42)44-12-9-15-51(37-44)60(47-13-4-3-5-14-47)48-28-20-40(21-29-48)39-18-24-45(25-19-39)58(62)63/h3-38,62-65H,1-2H3. The Balaban J connectivity index is 0.962. The number of para-hydroxylation sites is 1. The molecule has 0 heterocycles. The smallest absolute Gasteiger partial charge is 0.423 e. The first-order chi connectivity index (χ1) is 31.6. The van der Waals surface area contributed by atoms with E-state index < -0.39 is 14.2 Å². The third-order valence-corrected chi connectivity index (χ3v) is 12.7. The minimum Gasteiger partial charge on any atom is -0.423 e. The molecule has 0 aliphatic heterocycles. The van der Waals surface area contributed by atoms with Crippen molar-refractivity contribution in [3.8, 4) is 44.5 Å². The van der Waals surface area contributed by atoms with E-state index in [9.17, 15) is 20.1 Å². The second-order valence-corrected chi connectivity index (χ2v) is 17.1. The van der Waals surface area contributed by atoms with Crippen molar-refractivity contribution in [2.45, 2.75) is 19.3 Å². The first kappa shape index (κ1) is 41.6. The molecule has 0 bridgehead atoms. The zero-order chi connectivity index (χ0) is 44.7. The molecule has 314 valence electrons. The van der Waals surface area contributed by atoms with E-state index in [1.54, 1.807) is 24.3 Å². The molecule has 4 N–H and O–H groups in total. The van der Waals surface area contributed by atoms with Crippen LogP contribution in [0.3, 0.4) is 0 Å². The van der Waals surface area contributed by atoms with Crippen LogP contribution in [0.4, 0.5) is 34.1 Å². The summed E-state index contributed by atoms with van der Waals surface area (Å²) in [6.07, 6.45) is 0. The maximum Gasteiger partial charge on any atom is 0.488 e. The van der Waals surface area contributed by atoms with E-state index in [0.717, 1.165) is 67.5 Å². The van der Waals surface area contributed by atoms with Crippen LogP contribution < -0.4 is 20.7 Å². The molecule has 10 rings (SSSR count). The van der Waals surface area contributed by atoms with Crippen LogP contribution >= 0.6 is 0 Å². The number of nitrogens with zero attached hydrogens (tertiary/aromatic N) is 2. The summed E-state index contributed by atoms with van der Waals surface area (Å²) in [5.74, 6) is 0. The van der Waals surface area contributed by atoms with Gasteiger partial charge in [-0.15, -0.1) is 0 Å². The SMILES string of the molecule is CC1(C)c2ccccc2-c2ccc(N(c3ccc(B(O)O)cc3)c3ccc(-c4cccc(-c5cccc(N(c6ccccc6)c6ccc(-c7ccc(B(O)O)cc7)cc6)c5)c4)cc3)cc21. The Kier molecular flexibility index (Phi) is 11.0. The number of fused-ring (bicyclic) bond motifs is 3. The predicted octanol–water partition coefficient (Wildman–Crippen LogP) is 11.3. The summed E-state index contributed by atoms with van der Waals surface area (Å²) in [6.45, 7) is 4.58. The second-order valence-electron chi connectivity index (χ2n) is 17.1. The number of rotatable bonds is 11. The Morgan fingerprint density at radius 3 is 1.28 bits per heavy atom. The normalized spacial score (nSPS) is 12.3.